The normalized spacial score (nSPS) is 24.7. The number of benzene rings is 4. The Labute approximate surface area is 326 Å². The van der Waals surface area contributed by atoms with Crippen LogP contribution in [0.1, 0.15) is 56.4 Å². The fourth-order valence-corrected chi connectivity index (χ4v) is 10.1. The minimum atomic E-state index is -1.13. The number of hydrogen-bond donors (Lipinski definition) is 2. The number of hydrogen-bond acceptors (Lipinski definition) is 10. The number of nitro groups is 1. The summed E-state index contributed by atoms with van der Waals surface area (Å²) in [6, 6.07) is 26.8. The Balaban J connectivity index is 1.40. The van der Waals surface area contributed by atoms with Gasteiger partial charge < -0.3 is 29.3 Å². The smallest absolute Gasteiger partial charge is 0.273 e. The second-order valence-corrected chi connectivity index (χ2v) is 15.7. The van der Waals surface area contributed by atoms with E-state index >= 15 is 0 Å². The molecule has 1 saturated carbocycles. The molecule has 2 N–H and O–H groups in total. The van der Waals surface area contributed by atoms with E-state index in [0.717, 1.165) is 58.2 Å². The van der Waals surface area contributed by atoms with Gasteiger partial charge in [-0.05, 0) is 90.3 Å². The minimum absolute atomic E-state index is 0.0539. The summed E-state index contributed by atoms with van der Waals surface area (Å²) < 4.78 is 20.6. The molecule has 0 aromatic heterocycles. The van der Waals surface area contributed by atoms with Crippen LogP contribution >= 0.6 is 11.8 Å². The molecule has 288 valence electrons. The number of allylic oxidation sites excluding steroid dienone is 1. The number of non-ortho nitro benzene ring substituents is 1. The van der Waals surface area contributed by atoms with E-state index in [0.29, 0.717) is 36.5 Å². The van der Waals surface area contributed by atoms with Crippen LogP contribution in [0, 0.1) is 27.9 Å². The van der Waals surface area contributed by atoms with Gasteiger partial charge in [0, 0.05) is 42.1 Å². The number of oxime groups is 1. The molecule has 2 aliphatic carbocycles. The summed E-state index contributed by atoms with van der Waals surface area (Å²) in [4.78, 5) is 17.8. The van der Waals surface area contributed by atoms with Gasteiger partial charge in [0.15, 0.2) is 0 Å². The molecule has 1 heterocycles. The van der Waals surface area contributed by atoms with Gasteiger partial charge in [-0.1, -0.05) is 66.5 Å². The maximum absolute atomic E-state index is 11.6. The first-order valence-corrected chi connectivity index (χ1v) is 20.0. The Hall–Kier alpha value is -4.68. The van der Waals surface area contributed by atoms with E-state index in [1.807, 2.05) is 30.3 Å². The van der Waals surface area contributed by atoms with Crippen molar-refractivity contribution in [2.24, 2.45) is 22.9 Å². The molecule has 0 saturated heterocycles. The summed E-state index contributed by atoms with van der Waals surface area (Å²) in [6.07, 6.45) is 9.44. The Morgan fingerprint density at radius 2 is 1.75 bits per heavy atom. The van der Waals surface area contributed by atoms with Gasteiger partial charge in [0.05, 0.1) is 34.5 Å². The lowest BCUT2D eigenvalue weighted by Gasteiger charge is -2.58. The highest BCUT2D eigenvalue weighted by atomic mass is 32.2. The zero-order valence-corrected chi connectivity index (χ0v) is 31.9. The molecule has 1 fully saturated rings. The lowest BCUT2D eigenvalue weighted by molar-refractivity contribution is -0.384. The first-order valence-electron chi connectivity index (χ1n) is 19.1. The fourth-order valence-electron chi connectivity index (χ4n) is 8.80. The molecule has 0 bridgehead atoms. The van der Waals surface area contributed by atoms with Crippen LogP contribution in [0.2, 0.25) is 0 Å². The lowest BCUT2D eigenvalue weighted by Crippen LogP contribution is -2.64. The van der Waals surface area contributed by atoms with E-state index in [2.05, 4.69) is 48.1 Å². The fraction of sp³-hybridized carbons (Fsp3) is 0.386. The molecule has 6 atom stereocenters. The Morgan fingerprint density at radius 3 is 2.51 bits per heavy atom. The molecular weight excluding hydrogens is 717 g/mol. The lowest BCUT2D eigenvalue weighted by atomic mass is 9.56. The predicted molar refractivity (Wildman–Crippen MR) is 215 cm³/mol. The van der Waals surface area contributed by atoms with Crippen LogP contribution in [-0.4, -0.2) is 58.8 Å². The highest BCUT2D eigenvalue weighted by molar-refractivity contribution is 8.00. The van der Waals surface area contributed by atoms with E-state index in [-0.39, 0.29) is 54.4 Å². The molecule has 4 aromatic rings. The summed E-state index contributed by atoms with van der Waals surface area (Å²) in [5.74, 6) is 0.285. The zero-order valence-electron chi connectivity index (χ0n) is 31.0. The number of thioether (sulfide) groups is 1. The van der Waals surface area contributed by atoms with Crippen molar-refractivity contribution in [3.05, 3.63) is 125 Å². The van der Waals surface area contributed by atoms with Gasteiger partial charge in [0.25, 0.3) is 5.69 Å². The molecule has 11 heteroatoms. The quantitative estimate of drug-likeness (QED) is 0.0467. The SMILES string of the molecule is C=CCO[C@@]12Oc3ccc(Oc4cccc([N+](=O)[O-])c4)cc3[C@H]3[C@H](CCCCO)[C@@H](CCCCO)C=C(C(=NOC)C[C@@H]1Sc1ccc4ccccc4c1)[C@H]32. The number of aliphatic hydroxyl groups excluding tert-OH is 2. The number of nitro benzene ring substituents is 1. The van der Waals surface area contributed by atoms with Gasteiger partial charge in [-0.25, -0.2) is 0 Å². The second kappa shape index (κ2) is 17.4. The molecule has 0 amide bonds. The van der Waals surface area contributed by atoms with Gasteiger partial charge in [-0.2, -0.15) is 0 Å². The topological polar surface area (TPSA) is 133 Å². The van der Waals surface area contributed by atoms with Gasteiger partial charge in [0.2, 0.25) is 5.79 Å². The van der Waals surface area contributed by atoms with Gasteiger partial charge in [-0.15, -0.1) is 18.3 Å². The molecule has 3 aliphatic rings. The van der Waals surface area contributed by atoms with Crippen LogP contribution in [-0.2, 0) is 9.57 Å². The van der Waals surface area contributed by atoms with E-state index < -0.39 is 10.7 Å². The number of ether oxygens (including phenoxy) is 3. The average molecular weight is 765 g/mol. The molecule has 0 spiro atoms. The van der Waals surface area contributed by atoms with Crippen LogP contribution < -0.4 is 9.47 Å². The van der Waals surface area contributed by atoms with Gasteiger partial charge in [-0.3, -0.25) is 10.1 Å². The zero-order chi connectivity index (χ0) is 38.4. The summed E-state index contributed by atoms with van der Waals surface area (Å²) in [5, 5.41) is 37.9. The maximum atomic E-state index is 11.6. The second-order valence-electron chi connectivity index (χ2n) is 14.4. The van der Waals surface area contributed by atoms with Crippen molar-refractivity contribution in [2.75, 3.05) is 26.9 Å². The van der Waals surface area contributed by atoms with Crippen molar-refractivity contribution < 1.29 is 34.2 Å². The molecular formula is C44H48N2O8S. The van der Waals surface area contributed by atoms with Crippen molar-refractivity contribution in [2.45, 2.75) is 66.8 Å². The number of unbranched alkanes of at least 4 members (excludes halogenated alkanes) is 2. The predicted octanol–water partition coefficient (Wildman–Crippen LogP) is 9.60. The van der Waals surface area contributed by atoms with Gasteiger partial charge >= 0.3 is 0 Å². The molecule has 0 radical (unpaired) electrons. The summed E-state index contributed by atoms with van der Waals surface area (Å²) in [7, 11) is 1.58. The molecule has 10 nitrogen and oxygen atoms in total. The van der Waals surface area contributed by atoms with Crippen LogP contribution in [0.5, 0.6) is 17.2 Å². The minimum Gasteiger partial charge on any atom is -0.460 e. The van der Waals surface area contributed by atoms with Crippen LogP contribution in [0.15, 0.2) is 119 Å². The van der Waals surface area contributed by atoms with Gasteiger partial charge in [0.1, 0.15) is 24.4 Å². The first-order chi connectivity index (χ1) is 26.9. The number of nitrogens with zero attached hydrogens (tertiary/aromatic N) is 2. The third-order valence-electron chi connectivity index (χ3n) is 11.1. The summed E-state index contributed by atoms with van der Waals surface area (Å²) in [6.45, 7) is 4.52. The van der Waals surface area contributed by atoms with Crippen molar-refractivity contribution in [1.82, 2.24) is 0 Å². The van der Waals surface area contributed by atoms with Crippen molar-refractivity contribution in [3.63, 3.8) is 0 Å². The first kappa shape index (κ1) is 38.6. The number of rotatable bonds is 17. The standard InChI is InChI=1S/C44H48N2O8S/c1-3-23-52-44-41(55-35-19-17-29-11-4-5-12-30(29)24-35)28-39(45-51-2)37-25-31(13-6-8-21-47)36(16-7-9-22-48)42(43(37)44)38-27-34(18-20-40(38)54-44)53-33-15-10-14-32(26-33)46(49)50/h3-5,10-12,14-15,17-20,24-27,31,36,41-43,47-48H,1,6-9,13,16,21-23,28H2,2H3/t31-,36+,41-,42+,43+,44+/m0/s1. The maximum Gasteiger partial charge on any atom is 0.273 e. The van der Waals surface area contributed by atoms with Crippen molar-refractivity contribution in [1.29, 1.82) is 0 Å². The molecule has 55 heavy (non-hydrogen) atoms. The summed E-state index contributed by atoms with van der Waals surface area (Å²) >= 11 is 1.72. The highest BCUT2D eigenvalue weighted by Crippen LogP contribution is 2.63. The monoisotopic (exact) mass is 764 g/mol. The van der Waals surface area contributed by atoms with E-state index in [9.17, 15) is 20.3 Å². The Morgan fingerprint density at radius 1 is 0.964 bits per heavy atom. The number of fused-ring (bicyclic) bond motifs is 3. The third-order valence-corrected chi connectivity index (χ3v) is 12.4. The average Bonchev–Trinajstić information content (AvgIpc) is 3.19. The number of aliphatic hydroxyl groups is 2. The Kier molecular flexibility index (Phi) is 12.2. The van der Waals surface area contributed by atoms with E-state index in [1.165, 1.54) is 12.1 Å². The summed E-state index contributed by atoms with van der Waals surface area (Å²) in [5.41, 5.74) is 2.80. The molecule has 4 aromatic carbocycles. The van der Waals surface area contributed by atoms with Crippen molar-refractivity contribution >= 4 is 33.9 Å². The highest BCUT2D eigenvalue weighted by Gasteiger charge is 2.64. The van der Waals surface area contributed by atoms with Crippen molar-refractivity contribution in [3.8, 4) is 17.2 Å². The molecule has 1 aliphatic heterocycles. The van der Waals surface area contributed by atoms with Crippen LogP contribution in [0.25, 0.3) is 10.8 Å². The van der Waals surface area contributed by atoms with E-state index in [4.69, 9.17) is 19.0 Å². The van der Waals surface area contributed by atoms with E-state index in [1.54, 1.807) is 37.1 Å². The Bertz CT molecular complexity index is 2070. The van der Waals surface area contributed by atoms with Crippen LogP contribution in [0.3, 0.4) is 0 Å². The van der Waals surface area contributed by atoms with Crippen LogP contribution in [0.4, 0.5) is 5.69 Å². The largest absolute Gasteiger partial charge is 0.460 e. The molecule has 7 rings (SSSR count). The third kappa shape index (κ3) is 8.02. The molecule has 0 unspecified atom stereocenters.